The lowest BCUT2D eigenvalue weighted by Gasteiger charge is -2.22. The predicted octanol–water partition coefficient (Wildman–Crippen LogP) is 3.35. The fraction of sp³-hybridized carbons (Fsp3) is 0.538. The van der Waals surface area contributed by atoms with E-state index in [1.165, 1.54) is 11.1 Å². The Morgan fingerprint density at radius 1 is 1.00 bits per heavy atom. The zero-order valence-corrected chi connectivity index (χ0v) is 9.39. The lowest BCUT2D eigenvalue weighted by atomic mass is 9.82. The maximum atomic E-state index is 9.50. The van der Waals surface area contributed by atoms with Crippen molar-refractivity contribution in [3.05, 3.63) is 29.3 Å². The van der Waals surface area contributed by atoms with E-state index in [1.807, 2.05) is 6.07 Å². The Morgan fingerprint density at radius 2 is 1.57 bits per heavy atom. The second-order valence-corrected chi connectivity index (χ2v) is 5.67. The summed E-state index contributed by atoms with van der Waals surface area (Å²) < 4.78 is 0. The normalized spacial score (nSPS) is 22.0. The third kappa shape index (κ3) is 1.23. The van der Waals surface area contributed by atoms with E-state index in [4.69, 9.17) is 0 Å². The van der Waals surface area contributed by atoms with Crippen LogP contribution in [0.5, 0.6) is 5.75 Å². The molecule has 1 aromatic carbocycles. The third-order valence-corrected chi connectivity index (χ3v) is 3.35. The molecule has 1 nitrogen and oxygen atoms in total. The van der Waals surface area contributed by atoms with Gasteiger partial charge in [0.1, 0.15) is 5.75 Å². The van der Waals surface area contributed by atoms with Gasteiger partial charge >= 0.3 is 0 Å². The van der Waals surface area contributed by atoms with Crippen LogP contribution >= 0.6 is 0 Å². The molecule has 0 amide bonds. The first-order valence-electron chi connectivity index (χ1n) is 5.17. The fourth-order valence-corrected chi connectivity index (χ4v) is 2.98. The van der Waals surface area contributed by atoms with Gasteiger partial charge in [0.2, 0.25) is 0 Å². The Kier molecular flexibility index (Phi) is 1.73. The summed E-state index contributed by atoms with van der Waals surface area (Å²) in [6, 6.07) is 5.78. The molecule has 76 valence electrons. The molecule has 0 radical (unpaired) electrons. The zero-order chi connectivity index (χ0) is 10.6. The van der Waals surface area contributed by atoms with Crippen LogP contribution in [0.2, 0.25) is 0 Å². The van der Waals surface area contributed by atoms with Crippen LogP contribution in [-0.4, -0.2) is 5.11 Å². The molecule has 14 heavy (non-hydrogen) atoms. The topological polar surface area (TPSA) is 20.2 Å². The molecule has 0 saturated carbocycles. The van der Waals surface area contributed by atoms with Gasteiger partial charge in [0, 0.05) is 0 Å². The van der Waals surface area contributed by atoms with Gasteiger partial charge in [0.05, 0.1) is 0 Å². The highest BCUT2D eigenvalue weighted by Crippen LogP contribution is 2.49. The van der Waals surface area contributed by atoms with E-state index in [9.17, 15) is 5.11 Å². The minimum Gasteiger partial charge on any atom is -0.508 e. The van der Waals surface area contributed by atoms with E-state index in [0.717, 1.165) is 6.42 Å². The van der Waals surface area contributed by atoms with Crippen molar-refractivity contribution in [1.29, 1.82) is 0 Å². The first-order valence-corrected chi connectivity index (χ1v) is 5.17. The highest BCUT2D eigenvalue weighted by atomic mass is 16.3. The molecule has 0 spiro atoms. The molecule has 0 aliphatic heterocycles. The number of phenolic OH excluding ortho intramolecular Hbond substituents is 1. The molecule has 0 fully saturated rings. The van der Waals surface area contributed by atoms with Crippen molar-refractivity contribution in [2.24, 2.45) is 0 Å². The van der Waals surface area contributed by atoms with Gasteiger partial charge in [0.25, 0.3) is 0 Å². The van der Waals surface area contributed by atoms with Gasteiger partial charge in [-0.25, -0.2) is 0 Å². The van der Waals surface area contributed by atoms with Crippen molar-refractivity contribution in [3.63, 3.8) is 0 Å². The summed E-state index contributed by atoms with van der Waals surface area (Å²) in [5, 5.41) is 9.50. The Labute approximate surface area is 85.8 Å². The molecular formula is C13H18O. The zero-order valence-electron chi connectivity index (χ0n) is 9.39. The number of hydrogen-bond donors (Lipinski definition) is 1. The van der Waals surface area contributed by atoms with Gasteiger partial charge in [-0.15, -0.1) is 0 Å². The Bertz CT molecular complexity index is 375. The molecule has 0 bridgehead atoms. The summed E-state index contributed by atoms with van der Waals surface area (Å²) in [4.78, 5) is 0. The average molecular weight is 190 g/mol. The molecule has 1 aromatic rings. The van der Waals surface area contributed by atoms with Crippen molar-refractivity contribution in [2.75, 3.05) is 0 Å². The smallest absolute Gasteiger partial charge is 0.115 e. The van der Waals surface area contributed by atoms with Gasteiger partial charge in [-0.05, 0) is 40.5 Å². The average Bonchev–Trinajstić information content (AvgIpc) is 2.17. The van der Waals surface area contributed by atoms with E-state index in [0.29, 0.717) is 5.75 Å². The molecule has 0 atom stereocenters. The molecule has 0 aromatic heterocycles. The molecule has 0 heterocycles. The number of aromatic hydroxyl groups is 1. The van der Waals surface area contributed by atoms with E-state index in [1.54, 1.807) is 6.07 Å². The second-order valence-electron chi connectivity index (χ2n) is 5.67. The monoisotopic (exact) mass is 190 g/mol. The largest absolute Gasteiger partial charge is 0.508 e. The minimum atomic E-state index is 0.192. The highest BCUT2D eigenvalue weighted by molar-refractivity contribution is 5.47. The van der Waals surface area contributed by atoms with E-state index in [-0.39, 0.29) is 10.8 Å². The van der Waals surface area contributed by atoms with Crippen LogP contribution in [0, 0.1) is 0 Å². The van der Waals surface area contributed by atoms with E-state index in [2.05, 4.69) is 33.8 Å². The van der Waals surface area contributed by atoms with Crippen molar-refractivity contribution < 1.29 is 5.11 Å². The van der Waals surface area contributed by atoms with Crippen LogP contribution < -0.4 is 0 Å². The van der Waals surface area contributed by atoms with Crippen molar-refractivity contribution >= 4 is 0 Å². The number of phenols is 1. The Morgan fingerprint density at radius 3 is 2.21 bits per heavy atom. The Balaban J connectivity index is 2.66. The van der Waals surface area contributed by atoms with E-state index < -0.39 is 0 Å². The van der Waals surface area contributed by atoms with Crippen molar-refractivity contribution in [2.45, 2.75) is 44.9 Å². The fourth-order valence-electron chi connectivity index (χ4n) is 2.98. The summed E-state index contributed by atoms with van der Waals surface area (Å²) >= 11 is 0. The molecule has 1 aliphatic rings. The predicted molar refractivity (Wildman–Crippen MR) is 58.8 cm³/mol. The van der Waals surface area contributed by atoms with E-state index >= 15 is 0 Å². The molecular weight excluding hydrogens is 172 g/mol. The molecule has 1 heteroatoms. The van der Waals surface area contributed by atoms with Gasteiger partial charge in [-0.3, -0.25) is 0 Å². The number of fused-ring (bicyclic) bond motifs is 1. The van der Waals surface area contributed by atoms with Gasteiger partial charge in [0.15, 0.2) is 0 Å². The standard InChI is InChI=1S/C13H18O/c1-12(2)8-13(3,4)11-7-9(14)5-6-10(11)12/h5-7,14H,8H2,1-4H3. The van der Waals surface area contributed by atoms with Gasteiger partial charge in [-0.2, -0.15) is 0 Å². The molecule has 2 rings (SSSR count). The van der Waals surface area contributed by atoms with Gasteiger partial charge < -0.3 is 5.11 Å². The maximum Gasteiger partial charge on any atom is 0.115 e. The Hall–Kier alpha value is -0.980. The quantitative estimate of drug-likeness (QED) is 0.665. The molecule has 0 saturated heterocycles. The first-order chi connectivity index (χ1) is 6.33. The van der Waals surface area contributed by atoms with Crippen molar-refractivity contribution in [3.8, 4) is 5.75 Å². The highest BCUT2D eigenvalue weighted by Gasteiger charge is 2.41. The number of benzene rings is 1. The summed E-state index contributed by atoms with van der Waals surface area (Å²) in [5.74, 6) is 0.384. The van der Waals surface area contributed by atoms with Crippen LogP contribution in [0.25, 0.3) is 0 Å². The summed E-state index contributed by atoms with van der Waals surface area (Å²) in [6.07, 6.45) is 1.15. The molecule has 1 N–H and O–H groups in total. The van der Waals surface area contributed by atoms with Crippen molar-refractivity contribution in [1.82, 2.24) is 0 Å². The number of hydrogen-bond acceptors (Lipinski definition) is 1. The molecule has 0 unspecified atom stereocenters. The van der Waals surface area contributed by atoms with Crippen LogP contribution in [-0.2, 0) is 10.8 Å². The minimum absolute atomic E-state index is 0.192. The van der Waals surface area contributed by atoms with Crippen LogP contribution in [0.3, 0.4) is 0 Å². The van der Waals surface area contributed by atoms with Crippen LogP contribution in [0.15, 0.2) is 18.2 Å². The lowest BCUT2D eigenvalue weighted by molar-refractivity contribution is 0.402. The summed E-state index contributed by atoms with van der Waals surface area (Å²) in [6.45, 7) is 9.05. The third-order valence-electron chi connectivity index (χ3n) is 3.35. The van der Waals surface area contributed by atoms with Crippen LogP contribution in [0.4, 0.5) is 0 Å². The summed E-state index contributed by atoms with van der Waals surface area (Å²) in [7, 11) is 0. The maximum absolute atomic E-state index is 9.50. The molecule has 1 aliphatic carbocycles. The first kappa shape index (κ1) is 9.57. The summed E-state index contributed by atoms with van der Waals surface area (Å²) in [5.41, 5.74) is 3.13. The SMILES string of the molecule is CC1(C)CC(C)(C)c2cc(O)ccc21. The number of rotatable bonds is 0. The van der Waals surface area contributed by atoms with Crippen LogP contribution in [0.1, 0.15) is 45.2 Å². The second kappa shape index (κ2) is 2.53. The lowest BCUT2D eigenvalue weighted by Crippen LogP contribution is -2.17. The van der Waals surface area contributed by atoms with Gasteiger partial charge in [-0.1, -0.05) is 33.8 Å².